The number of pyridine rings is 2. The molecule has 0 aliphatic carbocycles. The van der Waals surface area contributed by atoms with Crippen molar-refractivity contribution < 1.29 is 4.79 Å². The summed E-state index contributed by atoms with van der Waals surface area (Å²) in [5, 5.41) is 2.94. The van der Waals surface area contributed by atoms with Crippen molar-refractivity contribution in [3.63, 3.8) is 0 Å². The van der Waals surface area contributed by atoms with Crippen LogP contribution in [0.1, 0.15) is 21.5 Å². The molecule has 0 fully saturated rings. The lowest BCUT2D eigenvalue weighted by Gasteiger charge is -2.18. The van der Waals surface area contributed by atoms with Crippen molar-refractivity contribution >= 4 is 11.7 Å². The fourth-order valence-corrected chi connectivity index (χ4v) is 2.77. The zero-order chi connectivity index (χ0) is 18.9. The lowest BCUT2D eigenvalue weighted by molar-refractivity contribution is 0.0954. The molecule has 0 spiro atoms. The number of aromatic nitrogens is 2. The smallest absolute Gasteiger partial charge is 0.252 e. The molecule has 0 saturated carbocycles. The average molecular weight is 360 g/mol. The van der Waals surface area contributed by atoms with E-state index in [2.05, 4.69) is 32.3 Å². The van der Waals surface area contributed by atoms with Crippen LogP contribution in [0, 0.1) is 0 Å². The van der Waals surface area contributed by atoms with Crippen LogP contribution in [0.2, 0.25) is 0 Å². The molecule has 0 bridgehead atoms. The molecule has 1 N–H and O–H groups in total. The molecule has 0 aliphatic rings. The Labute approximate surface area is 160 Å². The first-order valence-electron chi connectivity index (χ1n) is 9.10. The van der Waals surface area contributed by atoms with Crippen LogP contribution in [0.25, 0.3) is 0 Å². The highest BCUT2D eigenvalue weighted by Crippen LogP contribution is 2.11. The third-order valence-electron chi connectivity index (χ3n) is 4.43. The van der Waals surface area contributed by atoms with Crippen molar-refractivity contribution in [2.75, 3.05) is 25.0 Å². The van der Waals surface area contributed by atoms with Gasteiger partial charge in [-0.15, -0.1) is 0 Å². The number of anilines is 1. The van der Waals surface area contributed by atoms with Crippen LogP contribution >= 0.6 is 0 Å². The minimum atomic E-state index is -0.0931. The van der Waals surface area contributed by atoms with Gasteiger partial charge in [-0.05, 0) is 48.2 Å². The molecular weight excluding hydrogens is 336 g/mol. The summed E-state index contributed by atoms with van der Waals surface area (Å²) in [7, 11) is 2.00. The quantitative estimate of drug-likeness (QED) is 0.670. The summed E-state index contributed by atoms with van der Waals surface area (Å²) in [4.78, 5) is 22.8. The van der Waals surface area contributed by atoms with Gasteiger partial charge >= 0.3 is 0 Å². The minimum Gasteiger partial charge on any atom is -0.359 e. The van der Waals surface area contributed by atoms with Crippen LogP contribution in [-0.4, -0.2) is 36.0 Å². The van der Waals surface area contributed by atoms with Gasteiger partial charge in [0.05, 0.1) is 5.56 Å². The summed E-state index contributed by atoms with van der Waals surface area (Å²) in [6.45, 7) is 1.45. The van der Waals surface area contributed by atoms with Gasteiger partial charge in [-0.25, -0.2) is 4.98 Å². The molecule has 27 heavy (non-hydrogen) atoms. The van der Waals surface area contributed by atoms with Gasteiger partial charge in [0.2, 0.25) is 0 Å². The highest BCUT2D eigenvalue weighted by atomic mass is 16.1. The van der Waals surface area contributed by atoms with E-state index in [1.165, 1.54) is 11.1 Å². The molecule has 0 atom stereocenters. The molecule has 138 valence electrons. The third kappa shape index (κ3) is 5.64. The van der Waals surface area contributed by atoms with Gasteiger partial charge < -0.3 is 10.2 Å². The molecule has 5 nitrogen and oxygen atoms in total. The summed E-state index contributed by atoms with van der Waals surface area (Å²) in [6.07, 6.45) is 6.98. The zero-order valence-corrected chi connectivity index (χ0v) is 15.5. The molecule has 3 rings (SSSR count). The standard InChI is InChI=1S/C22H24N4O/c1-26(16-12-19-9-13-23-14-10-19)21-8-7-20(17-25-21)22(27)24-15-11-18-5-3-2-4-6-18/h2-10,13-14,17H,11-12,15-16H2,1H3,(H,24,27). The molecule has 0 radical (unpaired) electrons. The molecule has 0 aliphatic heterocycles. The molecule has 2 heterocycles. The number of carbonyl (C=O) groups is 1. The summed E-state index contributed by atoms with van der Waals surface area (Å²) >= 11 is 0. The summed E-state index contributed by atoms with van der Waals surface area (Å²) in [6, 6.07) is 17.9. The highest BCUT2D eigenvalue weighted by Gasteiger charge is 2.08. The molecular formula is C22H24N4O. The second kappa shape index (κ2) is 9.48. The van der Waals surface area contributed by atoms with Crippen LogP contribution in [0.3, 0.4) is 0 Å². The molecule has 3 aromatic rings. The van der Waals surface area contributed by atoms with Gasteiger partial charge in [-0.1, -0.05) is 30.3 Å². The number of rotatable bonds is 8. The minimum absolute atomic E-state index is 0.0931. The van der Waals surface area contributed by atoms with E-state index in [4.69, 9.17) is 0 Å². The summed E-state index contributed by atoms with van der Waals surface area (Å²) < 4.78 is 0. The first-order chi connectivity index (χ1) is 13.2. The zero-order valence-electron chi connectivity index (χ0n) is 15.5. The van der Waals surface area contributed by atoms with Gasteiger partial charge in [-0.3, -0.25) is 9.78 Å². The summed E-state index contributed by atoms with van der Waals surface area (Å²) in [5.41, 5.74) is 3.03. The highest BCUT2D eigenvalue weighted by molar-refractivity contribution is 5.94. The maximum atomic E-state index is 12.3. The van der Waals surface area contributed by atoms with Crippen molar-refractivity contribution in [2.24, 2.45) is 0 Å². The maximum Gasteiger partial charge on any atom is 0.252 e. The van der Waals surface area contributed by atoms with Crippen molar-refractivity contribution in [3.05, 3.63) is 89.9 Å². The number of benzene rings is 1. The number of hydrogen-bond donors (Lipinski definition) is 1. The van der Waals surface area contributed by atoms with Crippen molar-refractivity contribution in [2.45, 2.75) is 12.8 Å². The molecule has 1 aromatic carbocycles. The second-order valence-corrected chi connectivity index (χ2v) is 6.42. The second-order valence-electron chi connectivity index (χ2n) is 6.42. The van der Waals surface area contributed by atoms with Gasteiger partial charge in [0, 0.05) is 38.7 Å². The van der Waals surface area contributed by atoms with E-state index in [1.54, 1.807) is 18.6 Å². The van der Waals surface area contributed by atoms with Gasteiger partial charge in [0.25, 0.3) is 5.91 Å². The summed E-state index contributed by atoms with van der Waals surface area (Å²) in [5.74, 6) is 0.759. The van der Waals surface area contributed by atoms with Crippen LogP contribution in [0.5, 0.6) is 0 Å². The van der Waals surface area contributed by atoms with E-state index < -0.39 is 0 Å². The molecule has 5 heteroatoms. The number of amides is 1. The van der Waals surface area contributed by atoms with Crippen molar-refractivity contribution in [1.29, 1.82) is 0 Å². The predicted molar refractivity (Wildman–Crippen MR) is 108 cm³/mol. The van der Waals surface area contributed by atoms with Gasteiger partial charge in [-0.2, -0.15) is 0 Å². The van der Waals surface area contributed by atoms with Crippen LogP contribution in [0.15, 0.2) is 73.2 Å². The number of nitrogens with one attached hydrogen (secondary N) is 1. The first kappa shape index (κ1) is 18.6. The Morgan fingerprint density at radius 1 is 0.963 bits per heavy atom. The van der Waals surface area contributed by atoms with E-state index in [0.29, 0.717) is 12.1 Å². The Morgan fingerprint density at radius 2 is 1.70 bits per heavy atom. The third-order valence-corrected chi connectivity index (χ3v) is 4.43. The number of carbonyl (C=O) groups excluding carboxylic acids is 1. The monoisotopic (exact) mass is 360 g/mol. The molecule has 0 unspecified atom stereocenters. The Bertz CT molecular complexity index is 835. The lowest BCUT2D eigenvalue weighted by atomic mass is 10.1. The van der Waals surface area contributed by atoms with E-state index >= 15 is 0 Å². The lowest BCUT2D eigenvalue weighted by Crippen LogP contribution is -2.26. The number of nitrogens with zero attached hydrogens (tertiary/aromatic N) is 3. The van der Waals surface area contributed by atoms with Gasteiger partial charge in [0.1, 0.15) is 5.82 Å². The maximum absolute atomic E-state index is 12.3. The van der Waals surface area contributed by atoms with E-state index in [0.717, 1.165) is 25.2 Å². The van der Waals surface area contributed by atoms with E-state index in [9.17, 15) is 4.79 Å². The van der Waals surface area contributed by atoms with Crippen molar-refractivity contribution in [1.82, 2.24) is 15.3 Å². The Balaban J connectivity index is 1.47. The average Bonchev–Trinajstić information content (AvgIpc) is 2.73. The first-order valence-corrected chi connectivity index (χ1v) is 9.10. The molecule has 2 aromatic heterocycles. The van der Waals surface area contributed by atoms with Crippen LogP contribution in [0.4, 0.5) is 5.82 Å². The fraction of sp³-hybridized carbons (Fsp3) is 0.227. The number of likely N-dealkylation sites (N-methyl/N-ethyl adjacent to an activating group) is 1. The van der Waals surface area contributed by atoms with E-state index in [1.807, 2.05) is 49.5 Å². The van der Waals surface area contributed by atoms with Crippen LogP contribution < -0.4 is 10.2 Å². The normalized spacial score (nSPS) is 10.4. The predicted octanol–water partition coefficient (Wildman–Crippen LogP) is 3.13. The van der Waals surface area contributed by atoms with Crippen molar-refractivity contribution in [3.8, 4) is 0 Å². The Hall–Kier alpha value is -3.21. The Morgan fingerprint density at radius 3 is 2.41 bits per heavy atom. The fourth-order valence-electron chi connectivity index (χ4n) is 2.77. The molecule has 0 saturated heterocycles. The largest absolute Gasteiger partial charge is 0.359 e. The van der Waals surface area contributed by atoms with Gasteiger partial charge in [0.15, 0.2) is 0 Å². The van der Waals surface area contributed by atoms with E-state index in [-0.39, 0.29) is 5.91 Å². The van der Waals surface area contributed by atoms with Crippen LogP contribution in [-0.2, 0) is 12.8 Å². The molecule has 1 amide bonds. The topological polar surface area (TPSA) is 58.1 Å². The number of hydrogen-bond acceptors (Lipinski definition) is 4. The Kier molecular flexibility index (Phi) is 6.52. The SMILES string of the molecule is CN(CCc1ccncc1)c1ccc(C(=O)NCCc2ccccc2)cn1.